The van der Waals surface area contributed by atoms with Gasteiger partial charge >= 0.3 is 0 Å². The van der Waals surface area contributed by atoms with Crippen molar-refractivity contribution in [3.8, 4) is 0 Å². The van der Waals surface area contributed by atoms with Gasteiger partial charge in [-0.1, -0.05) is 58.3 Å². The number of quaternary nitrogens is 1. The molecule has 0 amide bonds. The Morgan fingerprint density at radius 2 is 1.05 bits per heavy atom. The summed E-state index contributed by atoms with van der Waals surface area (Å²) < 4.78 is 1.15. The molecular formula is C17H39BrN2. The van der Waals surface area contributed by atoms with Gasteiger partial charge in [0, 0.05) is 6.42 Å². The van der Waals surface area contributed by atoms with E-state index in [1.54, 1.807) is 0 Å². The van der Waals surface area contributed by atoms with E-state index in [-0.39, 0.29) is 17.0 Å². The Balaban J connectivity index is 0. The molecule has 124 valence electrons. The lowest BCUT2D eigenvalue weighted by Gasteiger charge is -2.29. The summed E-state index contributed by atoms with van der Waals surface area (Å²) in [4.78, 5) is 0. The van der Waals surface area contributed by atoms with Crippen LogP contribution in [0.2, 0.25) is 0 Å². The fourth-order valence-electron chi connectivity index (χ4n) is 2.66. The molecule has 0 heterocycles. The highest BCUT2D eigenvalue weighted by molar-refractivity contribution is 4.48. The Morgan fingerprint density at radius 1 is 0.650 bits per heavy atom. The fourth-order valence-corrected chi connectivity index (χ4v) is 2.66. The molecule has 0 saturated heterocycles. The number of hydrogen-bond acceptors (Lipinski definition) is 1. The molecule has 0 aliphatic heterocycles. The summed E-state index contributed by atoms with van der Waals surface area (Å²) >= 11 is 0. The molecule has 0 spiro atoms. The van der Waals surface area contributed by atoms with Crippen molar-refractivity contribution in [2.45, 2.75) is 77.6 Å². The van der Waals surface area contributed by atoms with Crippen molar-refractivity contribution in [3.05, 3.63) is 0 Å². The second-order valence-corrected chi connectivity index (χ2v) is 6.71. The van der Waals surface area contributed by atoms with Crippen molar-refractivity contribution < 1.29 is 21.5 Å². The molecule has 2 nitrogen and oxygen atoms in total. The third-order valence-corrected chi connectivity index (χ3v) is 4.08. The SMILES string of the molecule is CCCCCCCCCCCC[N+](C)(C)CCCN.[Br-]. The second kappa shape index (κ2) is 15.8. The maximum atomic E-state index is 5.58. The highest BCUT2D eigenvalue weighted by Crippen LogP contribution is 2.11. The van der Waals surface area contributed by atoms with Crippen molar-refractivity contribution in [1.82, 2.24) is 0 Å². The van der Waals surface area contributed by atoms with Crippen molar-refractivity contribution >= 4 is 0 Å². The first kappa shape index (κ1) is 22.7. The molecule has 0 bridgehead atoms. The Morgan fingerprint density at radius 3 is 1.50 bits per heavy atom. The van der Waals surface area contributed by atoms with E-state index in [2.05, 4.69) is 21.0 Å². The van der Waals surface area contributed by atoms with Gasteiger partial charge in [-0.15, -0.1) is 0 Å². The number of halogens is 1. The molecule has 0 aliphatic rings. The highest BCUT2D eigenvalue weighted by Gasteiger charge is 2.12. The van der Waals surface area contributed by atoms with Crippen LogP contribution in [0.1, 0.15) is 77.6 Å². The molecule has 20 heavy (non-hydrogen) atoms. The summed E-state index contributed by atoms with van der Waals surface area (Å²) in [6.07, 6.45) is 15.4. The largest absolute Gasteiger partial charge is 1.00 e. The van der Waals surface area contributed by atoms with Gasteiger partial charge in [-0.05, 0) is 19.4 Å². The summed E-state index contributed by atoms with van der Waals surface area (Å²) in [7, 11) is 4.67. The van der Waals surface area contributed by atoms with Crippen LogP contribution in [0.15, 0.2) is 0 Å². The highest BCUT2D eigenvalue weighted by atomic mass is 79.9. The van der Waals surface area contributed by atoms with E-state index >= 15 is 0 Å². The number of unbranched alkanes of at least 4 members (excludes halogenated alkanes) is 9. The molecule has 0 aromatic heterocycles. The van der Waals surface area contributed by atoms with Crippen LogP contribution in [0.25, 0.3) is 0 Å². The molecule has 0 radical (unpaired) electrons. The maximum absolute atomic E-state index is 5.58. The van der Waals surface area contributed by atoms with Gasteiger partial charge in [-0.3, -0.25) is 0 Å². The lowest BCUT2D eigenvalue weighted by atomic mass is 10.1. The summed E-state index contributed by atoms with van der Waals surface area (Å²) in [6, 6.07) is 0. The van der Waals surface area contributed by atoms with Gasteiger partial charge in [0.1, 0.15) is 0 Å². The smallest absolute Gasteiger partial charge is 0.0794 e. The van der Waals surface area contributed by atoms with E-state index in [1.165, 1.54) is 77.3 Å². The third kappa shape index (κ3) is 16.5. The average molecular weight is 351 g/mol. The Bertz CT molecular complexity index is 184. The van der Waals surface area contributed by atoms with Crippen LogP contribution in [0.3, 0.4) is 0 Å². The van der Waals surface area contributed by atoms with E-state index in [0.717, 1.165) is 17.4 Å². The fraction of sp³-hybridized carbons (Fsp3) is 1.00. The van der Waals surface area contributed by atoms with E-state index in [1.807, 2.05) is 0 Å². The minimum Gasteiger partial charge on any atom is -1.00 e. The lowest BCUT2D eigenvalue weighted by Crippen LogP contribution is -3.00. The summed E-state index contributed by atoms with van der Waals surface area (Å²) in [5.74, 6) is 0. The Kier molecular flexibility index (Phi) is 17.9. The van der Waals surface area contributed by atoms with Crippen molar-refractivity contribution in [3.63, 3.8) is 0 Å². The van der Waals surface area contributed by atoms with E-state index in [9.17, 15) is 0 Å². The predicted molar refractivity (Wildman–Crippen MR) is 87.4 cm³/mol. The first-order chi connectivity index (χ1) is 9.12. The van der Waals surface area contributed by atoms with Crippen LogP contribution in [0, 0.1) is 0 Å². The normalized spacial score (nSPS) is 11.4. The van der Waals surface area contributed by atoms with Crippen molar-refractivity contribution in [1.29, 1.82) is 0 Å². The van der Waals surface area contributed by atoms with Gasteiger partial charge in [0.2, 0.25) is 0 Å². The van der Waals surface area contributed by atoms with Gasteiger partial charge < -0.3 is 27.2 Å². The van der Waals surface area contributed by atoms with Gasteiger partial charge in [-0.2, -0.15) is 0 Å². The molecule has 3 heteroatoms. The minimum atomic E-state index is 0. The Labute approximate surface area is 138 Å². The van der Waals surface area contributed by atoms with Gasteiger partial charge in [0.25, 0.3) is 0 Å². The molecule has 2 N–H and O–H groups in total. The zero-order valence-corrected chi connectivity index (χ0v) is 15.9. The molecular weight excluding hydrogens is 312 g/mol. The first-order valence-electron chi connectivity index (χ1n) is 8.64. The maximum Gasteiger partial charge on any atom is 0.0794 e. The summed E-state index contributed by atoms with van der Waals surface area (Å²) in [5.41, 5.74) is 5.58. The van der Waals surface area contributed by atoms with E-state index in [0.29, 0.717) is 0 Å². The topological polar surface area (TPSA) is 26.0 Å². The molecule has 0 aromatic rings. The molecule has 0 rings (SSSR count). The van der Waals surface area contributed by atoms with Crippen molar-refractivity contribution in [2.75, 3.05) is 33.7 Å². The van der Waals surface area contributed by atoms with Gasteiger partial charge in [-0.25, -0.2) is 0 Å². The van der Waals surface area contributed by atoms with Crippen LogP contribution in [-0.4, -0.2) is 38.2 Å². The Hall–Kier alpha value is 0.400. The second-order valence-electron chi connectivity index (χ2n) is 6.71. The van der Waals surface area contributed by atoms with Crippen molar-refractivity contribution in [2.24, 2.45) is 5.73 Å². The summed E-state index contributed by atoms with van der Waals surface area (Å²) in [5, 5.41) is 0. The molecule has 0 saturated carbocycles. The van der Waals surface area contributed by atoms with Gasteiger partial charge in [0.15, 0.2) is 0 Å². The van der Waals surface area contributed by atoms with E-state index < -0.39 is 0 Å². The van der Waals surface area contributed by atoms with Crippen LogP contribution in [0.4, 0.5) is 0 Å². The van der Waals surface area contributed by atoms with Gasteiger partial charge in [0.05, 0.1) is 27.2 Å². The molecule has 0 aromatic carbocycles. The van der Waals surface area contributed by atoms with E-state index in [4.69, 9.17) is 5.73 Å². The average Bonchev–Trinajstić information content (AvgIpc) is 2.38. The monoisotopic (exact) mass is 350 g/mol. The minimum absolute atomic E-state index is 0. The zero-order chi connectivity index (χ0) is 14.4. The standard InChI is InChI=1S/C17H39N2.BrH/c1-4-5-6-7-8-9-10-11-12-13-16-19(2,3)17-14-15-18;/h4-18H2,1-3H3;1H/q+1;/p-1. The molecule has 0 fully saturated rings. The number of nitrogens with zero attached hydrogens (tertiary/aromatic N) is 1. The lowest BCUT2D eigenvalue weighted by molar-refractivity contribution is -0.890. The quantitative estimate of drug-likeness (QED) is 0.371. The first-order valence-corrected chi connectivity index (χ1v) is 8.64. The molecule has 0 unspecified atom stereocenters. The number of hydrogen-bond donors (Lipinski definition) is 1. The molecule has 0 aliphatic carbocycles. The van der Waals surface area contributed by atoms with Crippen LogP contribution >= 0.6 is 0 Å². The van der Waals surface area contributed by atoms with Crippen LogP contribution in [0.5, 0.6) is 0 Å². The number of rotatable bonds is 14. The molecule has 0 atom stereocenters. The summed E-state index contributed by atoms with van der Waals surface area (Å²) in [6.45, 7) is 5.66. The van der Waals surface area contributed by atoms with Crippen LogP contribution < -0.4 is 22.7 Å². The van der Waals surface area contributed by atoms with Crippen LogP contribution in [-0.2, 0) is 0 Å². The number of nitrogens with two attached hydrogens (primary N) is 1. The third-order valence-electron chi connectivity index (χ3n) is 4.08. The zero-order valence-electron chi connectivity index (χ0n) is 14.3. The predicted octanol–water partition coefficient (Wildman–Crippen LogP) is 1.34.